The second kappa shape index (κ2) is 10.00. The molecule has 27 heavy (non-hydrogen) atoms. The van der Waals surface area contributed by atoms with E-state index in [2.05, 4.69) is 27.7 Å². The molecule has 0 spiro atoms. The second-order valence-corrected chi connectivity index (χ2v) is 7.77. The molecule has 2 rings (SSSR count). The monoisotopic (exact) mass is 396 g/mol. The van der Waals surface area contributed by atoms with Crippen molar-refractivity contribution in [3.63, 3.8) is 0 Å². The minimum Gasteiger partial charge on any atom is -0.494 e. The van der Waals surface area contributed by atoms with E-state index in [9.17, 15) is 4.79 Å². The Morgan fingerprint density at radius 2 is 1.81 bits per heavy atom. The van der Waals surface area contributed by atoms with Crippen LogP contribution in [0, 0.1) is 5.41 Å². The number of hydrogen-bond acceptors (Lipinski definition) is 4. The summed E-state index contributed by atoms with van der Waals surface area (Å²) >= 11 is 0. The van der Waals surface area contributed by atoms with Gasteiger partial charge in [0.25, 0.3) is 5.56 Å². The van der Waals surface area contributed by atoms with Crippen LogP contribution in [-0.2, 0) is 13.1 Å². The first-order valence-corrected chi connectivity index (χ1v) is 9.47. The summed E-state index contributed by atoms with van der Waals surface area (Å²) in [6, 6.07) is 5.56. The molecule has 6 heteroatoms. The molecule has 2 aromatic rings. The third-order valence-electron chi connectivity index (χ3n) is 4.18. The topological polar surface area (TPSA) is 66.5 Å². The van der Waals surface area contributed by atoms with Crippen molar-refractivity contribution in [3.8, 4) is 11.5 Å². The van der Waals surface area contributed by atoms with Gasteiger partial charge in [-0.2, -0.15) is 0 Å². The zero-order valence-corrected chi connectivity index (χ0v) is 17.9. The maximum absolute atomic E-state index is 13.1. The van der Waals surface area contributed by atoms with E-state index >= 15 is 0 Å². The molecule has 152 valence electrons. The fourth-order valence-corrected chi connectivity index (χ4v) is 3.02. The first-order valence-electron chi connectivity index (χ1n) is 9.47. The Hall–Kier alpha value is -1.72. The molecule has 0 aliphatic carbocycles. The number of nitrogens with two attached hydrogens (primary N) is 1. The fraction of sp³-hybridized carbons (Fsp3) is 0.571. The zero-order chi connectivity index (χ0) is 19.3. The summed E-state index contributed by atoms with van der Waals surface area (Å²) in [6.07, 6.45) is 2.00. The maximum Gasteiger partial charge on any atom is 0.258 e. The normalized spacial score (nSPS) is 11.3. The number of unbranched alkanes of at least 4 members (excludes halogenated alkanes) is 1. The van der Waals surface area contributed by atoms with Crippen LogP contribution in [-0.4, -0.2) is 17.8 Å². The molecule has 0 saturated heterocycles. The lowest BCUT2D eigenvalue weighted by molar-refractivity contribution is 0.294. The lowest BCUT2D eigenvalue weighted by atomic mass is 9.96. The number of nitrogens with zero attached hydrogens (tertiary/aromatic N) is 1. The molecule has 0 atom stereocenters. The highest BCUT2D eigenvalue weighted by Crippen LogP contribution is 2.32. The van der Waals surface area contributed by atoms with E-state index in [0.717, 1.165) is 29.7 Å². The number of ether oxygens (including phenoxy) is 2. The van der Waals surface area contributed by atoms with Gasteiger partial charge in [-0.05, 0) is 37.0 Å². The molecule has 0 amide bonds. The summed E-state index contributed by atoms with van der Waals surface area (Å²) in [5.41, 5.74) is 6.74. The van der Waals surface area contributed by atoms with Crippen LogP contribution in [0.3, 0.4) is 0 Å². The number of hydrogen-bond donors (Lipinski definition) is 1. The van der Waals surface area contributed by atoms with Crippen LogP contribution in [0.2, 0.25) is 0 Å². The predicted molar refractivity (Wildman–Crippen MR) is 114 cm³/mol. The van der Waals surface area contributed by atoms with E-state index in [1.807, 2.05) is 25.1 Å². The molecule has 0 aliphatic rings. The van der Waals surface area contributed by atoms with E-state index in [4.69, 9.17) is 15.2 Å². The fourth-order valence-electron chi connectivity index (χ4n) is 3.02. The summed E-state index contributed by atoms with van der Waals surface area (Å²) in [7, 11) is 0. The SMILES string of the molecule is CCCCOc1c(CN)n(CC(C)(C)C)c(=O)c2ccc(OCC)cc12.Cl. The van der Waals surface area contributed by atoms with E-state index in [1.54, 1.807) is 4.57 Å². The van der Waals surface area contributed by atoms with Crippen molar-refractivity contribution >= 4 is 23.2 Å². The van der Waals surface area contributed by atoms with Gasteiger partial charge in [-0.15, -0.1) is 12.4 Å². The minimum absolute atomic E-state index is 0. The van der Waals surface area contributed by atoms with Crippen molar-refractivity contribution in [2.75, 3.05) is 13.2 Å². The van der Waals surface area contributed by atoms with Crippen molar-refractivity contribution in [3.05, 3.63) is 34.2 Å². The Bertz CT molecular complexity index is 810. The third-order valence-corrected chi connectivity index (χ3v) is 4.18. The van der Waals surface area contributed by atoms with Crippen LogP contribution >= 0.6 is 12.4 Å². The Balaban J connectivity index is 0.00000364. The number of fused-ring (bicyclic) bond motifs is 1. The number of benzene rings is 1. The predicted octanol–water partition coefficient (Wildman–Crippen LogP) is 4.51. The van der Waals surface area contributed by atoms with Crippen LogP contribution in [0.5, 0.6) is 11.5 Å². The van der Waals surface area contributed by atoms with Crippen LogP contribution in [0.15, 0.2) is 23.0 Å². The largest absolute Gasteiger partial charge is 0.494 e. The molecular weight excluding hydrogens is 364 g/mol. The molecule has 0 saturated carbocycles. The molecule has 0 radical (unpaired) electrons. The average molecular weight is 397 g/mol. The number of halogens is 1. The summed E-state index contributed by atoms with van der Waals surface area (Å²) in [6.45, 7) is 12.4. The van der Waals surface area contributed by atoms with Crippen molar-refractivity contribution < 1.29 is 9.47 Å². The van der Waals surface area contributed by atoms with Crippen molar-refractivity contribution in [2.45, 2.75) is 60.5 Å². The van der Waals surface area contributed by atoms with Gasteiger partial charge in [-0.3, -0.25) is 4.79 Å². The van der Waals surface area contributed by atoms with E-state index in [0.29, 0.717) is 30.9 Å². The van der Waals surface area contributed by atoms with E-state index in [1.165, 1.54) is 0 Å². The first kappa shape index (κ1) is 23.3. The average Bonchev–Trinajstić information content (AvgIpc) is 2.58. The van der Waals surface area contributed by atoms with Gasteiger partial charge in [-0.1, -0.05) is 34.1 Å². The Kier molecular flexibility index (Phi) is 8.63. The molecule has 0 unspecified atom stereocenters. The number of pyridine rings is 1. The third kappa shape index (κ3) is 5.63. The quantitative estimate of drug-likeness (QED) is 0.667. The molecular formula is C21H33ClN2O3. The van der Waals surface area contributed by atoms with Crippen LogP contribution in [0.1, 0.15) is 53.2 Å². The molecule has 0 fully saturated rings. The van der Waals surface area contributed by atoms with Gasteiger partial charge >= 0.3 is 0 Å². The van der Waals surface area contributed by atoms with Crippen molar-refractivity contribution in [2.24, 2.45) is 11.1 Å². The van der Waals surface area contributed by atoms with Gasteiger partial charge < -0.3 is 19.8 Å². The number of aromatic nitrogens is 1. The molecule has 1 aromatic carbocycles. The standard InChI is InChI=1S/C21H32N2O3.ClH/c1-6-8-11-26-19-17-12-15(25-7-2)9-10-16(17)20(24)23(18(19)13-22)14-21(3,4)5;/h9-10,12H,6-8,11,13-14,22H2,1-5H3;1H. The molecule has 5 nitrogen and oxygen atoms in total. The first-order chi connectivity index (χ1) is 12.3. The summed E-state index contributed by atoms with van der Waals surface area (Å²) in [5, 5.41) is 1.42. The lowest BCUT2D eigenvalue weighted by Crippen LogP contribution is -2.31. The van der Waals surface area contributed by atoms with E-state index in [-0.39, 0.29) is 29.9 Å². The highest BCUT2D eigenvalue weighted by atomic mass is 35.5. The molecule has 1 aromatic heterocycles. The summed E-state index contributed by atoms with van der Waals surface area (Å²) < 4.78 is 13.5. The molecule has 1 heterocycles. The summed E-state index contributed by atoms with van der Waals surface area (Å²) in [4.78, 5) is 13.1. The van der Waals surface area contributed by atoms with E-state index < -0.39 is 0 Å². The highest BCUT2D eigenvalue weighted by molar-refractivity contribution is 5.89. The Morgan fingerprint density at radius 3 is 2.37 bits per heavy atom. The van der Waals surface area contributed by atoms with Gasteiger partial charge in [-0.25, -0.2) is 0 Å². The second-order valence-electron chi connectivity index (χ2n) is 7.77. The number of rotatable bonds is 8. The molecule has 0 bridgehead atoms. The zero-order valence-electron chi connectivity index (χ0n) is 17.1. The Labute approximate surface area is 168 Å². The van der Waals surface area contributed by atoms with Crippen LogP contribution in [0.4, 0.5) is 0 Å². The van der Waals surface area contributed by atoms with Crippen LogP contribution in [0.25, 0.3) is 10.8 Å². The van der Waals surface area contributed by atoms with Gasteiger partial charge in [0.1, 0.15) is 11.5 Å². The van der Waals surface area contributed by atoms with Gasteiger partial charge in [0.2, 0.25) is 0 Å². The van der Waals surface area contributed by atoms with Crippen molar-refractivity contribution in [1.29, 1.82) is 0 Å². The summed E-state index contributed by atoms with van der Waals surface area (Å²) in [5.74, 6) is 1.44. The molecule has 2 N–H and O–H groups in total. The minimum atomic E-state index is -0.0482. The van der Waals surface area contributed by atoms with Crippen LogP contribution < -0.4 is 20.8 Å². The lowest BCUT2D eigenvalue weighted by Gasteiger charge is -2.25. The van der Waals surface area contributed by atoms with Gasteiger partial charge in [0.15, 0.2) is 0 Å². The van der Waals surface area contributed by atoms with Gasteiger partial charge in [0, 0.05) is 18.5 Å². The van der Waals surface area contributed by atoms with Crippen molar-refractivity contribution in [1.82, 2.24) is 4.57 Å². The van der Waals surface area contributed by atoms with Gasteiger partial charge in [0.05, 0.1) is 24.3 Å². The highest BCUT2D eigenvalue weighted by Gasteiger charge is 2.21. The smallest absolute Gasteiger partial charge is 0.258 e. The Morgan fingerprint density at radius 1 is 1.11 bits per heavy atom. The molecule has 0 aliphatic heterocycles. The maximum atomic E-state index is 13.1.